The Hall–Kier alpha value is -1.06. The first-order chi connectivity index (χ1) is 9.15. The summed E-state index contributed by atoms with van der Waals surface area (Å²) in [7, 11) is 0. The van der Waals surface area contributed by atoms with Crippen LogP contribution in [-0.2, 0) is 11.3 Å². The summed E-state index contributed by atoms with van der Waals surface area (Å²) in [6.45, 7) is 12.7. The van der Waals surface area contributed by atoms with E-state index in [0.29, 0.717) is 5.41 Å². The first-order valence-corrected chi connectivity index (χ1v) is 7.28. The van der Waals surface area contributed by atoms with E-state index in [1.807, 2.05) is 0 Å². The summed E-state index contributed by atoms with van der Waals surface area (Å²) in [5, 5.41) is 3.54. The summed E-state index contributed by atoms with van der Waals surface area (Å²) in [4.78, 5) is 2.43. The Kier molecular flexibility index (Phi) is 4.83. The minimum Gasteiger partial charge on any atom is -0.384 e. The van der Waals surface area contributed by atoms with Gasteiger partial charge in [0.05, 0.1) is 13.2 Å². The number of nitrogens with zero attached hydrogens (tertiary/aromatic N) is 1. The zero-order valence-electron chi connectivity index (χ0n) is 12.4. The molecule has 19 heavy (non-hydrogen) atoms. The quantitative estimate of drug-likeness (QED) is 0.817. The highest BCUT2D eigenvalue weighted by atomic mass is 16.5. The summed E-state index contributed by atoms with van der Waals surface area (Å²) in [5.41, 5.74) is 2.91. The van der Waals surface area contributed by atoms with Crippen molar-refractivity contribution in [3.05, 3.63) is 29.8 Å². The standard InChI is InChI=1S/C16H26N2O/c1-4-18(5-2)10-14-7-6-8-15(9-14)17-11-16(3)12-19-13-16/h6-9,17H,4-5,10-13H2,1-3H3. The van der Waals surface area contributed by atoms with Crippen molar-refractivity contribution in [1.29, 1.82) is 0 Å². The zero-order chi connectivity index (χ0) is 13.7. The molecular weight excluding hydrogens is 236 g/mol. The van der Waals surface area contributed by atoms with Crippen molar-refractivity contribution >= 4 is 5.69 Å². The second kappa shape index (κ2) is 6.40. The van der Waals surface area contributed by atoms with Crippen molar-refractivity contribution in [2.45, 2.75) is 27.3 Å². The third kappa shape index (κ3) is 3.95. The van der Waals surface area contributed by atoms with E-state index >= 15 is 0 Å². The molecule has 0 aliphatic carbocycles. The molecule has 2 rings (SSSR count). The van der Waals surface area contributed by atoms with E-state index in [-0.39, 0.29) is 0 Å². The Balaban J connectivity index is 1.91. The topological polar surface area (TPSA) is 24.5 Å². The van der Waals surface area contributed by atoms with Gasteiger partial charge < -0.3 is 10.1 Å². The molecule has 0 atom stereocenters. The molecule has 0 spiro atoms. The molecule has 0 bridgehead atoms. The third-order valence-electron chi connectivity index (χ3n) is 3.85. The van der Waals surface area contributed by atoms with Gasteiger partial charge in [0.25, 0.3) is 0 Å². The van der Waals surface area contributed by atoms with E-state index in [9.17, 15) is 0 Å². The van der Waals surface area contributed by atoms with Gasteiger partial charge in [0.15, 0.2) is 0 Å². The molecule has 3 nitrogen and oxygen atoms in total. The summed E-state index contributed by atoms with van der Waals surface area (Å²) >= 11 is 0. The molecule has 0 radical (unpaired) electrons. The van der Waals surface area contributed by atoms with Crippen LogP contribution in [0, 0.1) is 5.41 Å². The van der Waals surface area contributed by atoms with Crippen molar-refractivity contribution in [1.82, 2.24) is 4.90 Å². The van der Waals surface area contributed by atoms with E-state index in [1.54, 1.807) is 0 Å². The van der Waals surface area contributed by atoms with Gasteiger partial charge in [-0.25, -0.2) is 0 Å². The lowest BCUT2D eigenvalue weighted by atomic mass is 9.88. The Bertz CT molecular complexity index is 397. The van der Waals surface area contributed by atoms with Gasteiger partial charge in [-0.3, -0.25) is 4.90 Å². The fraction of sp³-hybridized carbons (Fsp3) is 0.625. The Labute approximate surface area is 116 Å². The van der Waals surface area contributed by atoms with Gasteiger partial charge in [-0.15, -0.1) is 0 Å². The number of nitrogens with one attached hydrogen (secondary N) is 1. The highest BCUT2D eigenvalue weighted by Crippen LogP contribution is 2.27. The molecule has 1 heterocycles. The van der Waals surface area contributed by atoms with Crippen LogP contribution in [-0.4, -0.2) is 37.7 Å². The largest absolute Gasteiger partial charge is 0.384 e. The highest BCUT2D eigenvalue weighted by Gasteiger charge is 2.32. The molecule has 0 saturated carbocycles. The summed E-state index contributed by atoms with van der Waals surface area (Å²) < 4.78 is 5.29. The van der Waals surface area contributed by atoms with E-state index in [2.05, 4.69) is 55.3 Å². The summed E-state index contributed by atoms with van der Waals surface area (Å²) in [6.07, 6.45) is 0. The summed E-state index contributed by atoms with van der Waals surface area (Å²) in [6, 6.07) is 8.76. The summed E-state index contributed by atoms with van der Waals surface area (Å²) in [5.74, 6) is 0. The van der Waals surface area contributed by atoms with Crippen LogP contribution in [0.2, 0.25) is 0 Å². The first-order valence-electron chi connectivity index (χ1n) is 7.28. The minimum absolute atomic E-state index is 0.314. The average molecular weight is 262 g/mol. The van der Waals surface area contributed by atoms with E-state index in [1.165, 1.54) is 11.3 Å². The maximum absolute atomic E-state index is 5.29. The molecule has 1 fully saturated rings. The van der Waals surface area contributed by atoms with Crippen molar-refractivity contribution in [3.8, 4) is 0 Å². The van der Waals surface area contributed by atoms with E-state index in [0.717, 1.165) is 39.4 Å². The number of benzene rings is 1. The Morgan fingerprint density at radius 2 is 2.00 bits per heavy atom. The van der Waals surface area contributed by atoms with Crippen molar-refractivity contribution < 1.29 is 4.74 Å². The average Bonchev–Trinajstić information content (AvgIpc) is 2.41. The molecule has 106 valence electrons. The van der Waals surface area contributed by atoms with Gasteiger partial charge >= 0.3 is 0 Å². The van der Waals surface area contributed by atoms with Gasteiger partial charge in [-0.2, -0.15) is 0 Å². The van der Waals surface area contributed by atoms with Gasteiger partial charge in [-0.05, 0) is 30.8 Å². The van der Waals surface area contributed by atoms with Crippen molar-refractivity contribution in [2.75, 3.05) is 38.2 Å². The van der Waals surface area contributed by atoms with Crippen LogP contribution in [0.1, 0.15) is 26.3 Å². The van der Waals surface area contributed by atoms with Crippen LogP contribution >= 0.6 is 0 Å². The molecule has 0 unspecified atom stereocenters. The third-order valence-corrected chi connectivity index (χ3v) is 3.85. The molecule has 1 N–H and O–H groups in total. The molecule has 1 aromatic rings. The maximum atomic E-state index is 5.29. The second-order valence-corrected chi connectivity index (χ2v) is 5.82. The van der Waals surface area contributed by atoms with Crippen molar-refractivity contribution in [3.63, 3.8) is 0 Å². The lowest BCUT2D eigenvalue weighted by Gasteiger charge is -2.38. The first kappa shape index (κ1) is 14.4. The van der Waals surface area contributed by atoms with Crippen LogP contribution in [0.15, 0.2) is 24.3 Å². The monoisotopic (exact) mass is 262 g/mol. The Morgan fingerprint density at radius 1 is 1.26 bits per heavy atom. The molecule has 1 aliphatic heterocycles. The highest BCUT2D eigenvalue weighted by molar-refractivity contribution is 5.46. The fourth-order valence-electron chi connectivity index (χ4n) is 2.35. The lowest BCUT2D eigenvalue weighted by Crippen LogP contribution is -2.45. The van der Waals surface area contributed by atoms with Gasteiger partial charge in [0.2, 0.25) is 0 Å². The van der Waals surface area contributed by atoms with Crippen LogP contribution < -0.4 is 5.32 Å². The number of anilines is 1. The predicted octanol–water partition coefficient (Wildman–Crippen LogP) is 2.98. The molecule has 1 aromatic carbocycles. The SMILES string of the molecule is CCN(CC)Cc1cccc(NCC2(C)COC2)c1. The number of hydrogen-bond acceptors (Lipinski definition) is 3. The molecule has 1 saturated heterocycles. The number of ether oxygens (including phenoxy) is 1. The van der Waals surface area contributed by atoms with Gasteiger partial charge in [0, 0.05) is 24.2 Å². The fourth-order valence-corrected chi connectivity index (χ4v) is 2.35. The lowest BCUT2D eigenvalue weighted by molar-refractivity contribution is -0.0924. The van der Waals surface area contributed by atoms with Crippen LogP contribution in [0.4, 0.5) is 5.69 Å². The molecule has 0 aromatic heterocycles. The van der Waals surface area contributed by atoms with Crippen molar-refractivity contribution in [2.24, 2.45) is 5.41 Å². The van der Waals surface area contributed by atoms with Crippen LogP contribution in [0.25, 0.3) is 0 Å². The maximum Gasteiger partial charge on any atom is 0.0559 e. The molecule has 0 amide bonds. The smallest absolute Gasteiger partial charge is 0.0559 e. The number of rotatable bonds is 7. The zero-order valence-corrected chi connectivity index (χ0v) is 12.4. The van der Waals surface area contributed by atoms with Crippen LogP contribution in [0.3, 0.4) is 0 Å². The second-order valence-electron chi connectivity index (χ2n) is 5.82. The van der Waals surface area contributed by atoms with E-state index < -0.39 is 0 Å². The number of hydrogen-bond donors (Lipinski definition) is 1. The molecular formula is C16H26N2O. The molecule has 3 heteroatoms. The van der Waals surface area contributed by atoms with E-state index in [4.69, 9.17) is 4.74 Å². The Morgan fingerprint density at radius 3 is 2.58 bits per heavy atom. The normalized spacial score (nSPS) is 17.3. The van der Waals surface area contributed by atoms with Gasteiger partial charge in [-0.1, -0.05) is 32.9 Å². The molecule has 1 aliphatic rings. The minimum atomic E-state index is 0.314. The predicted molar refractivity (Wildman–Crippen MR) is 80.5 cm³/mol. The van der Waals surface area contributed by atoms with Gasteiger partial charge in [0.1, 0.15) is 0 Å². The van der Waals surface area contributed by atoms with Crippen LogP contribution in [0.5, 0.6) is 0 Å².